The maximum atomic E-state index is 12.6. The van der Waals surface area contributed by atoms with Crippen molar-refractivity contribution >= 4 is 19.8 Å². The van der Waals surface area contributed by atoms with E-state index < -0.39 is 32.5 Å². The maximum absolute atomic E-state index is 12.6. The van der Waals surface area contributed by atoms with E-state index in [1.54, 1.807) is 0 Å². The molecule has 0 aromatic carbocycles. The third-order valence-electron chi connectivity index (χ3n) is 9.19. The van der Waals surface area contributed by atoms with Crippen LogP contribution in [0.15, 0.2) is 24.3 Å². The van der Waals surface area contributed by atoms with Gasteiger partial charge in [0.25, 0.3) is 7.82 Å². The summed E-state index contributed by atoms with van der Waals surface area (Å²) in [6.45, 7) is 4.19. The summed E-state index contributed by atoms with van der Waals surface area (Å²) in [6.07, 6.45) is 37.7. The Morgan fingerprint density at radius 1 is 0.566 bits per heavy atom. The third kappa shape index (κ3) is 40.0. The molecule has 0 aromatic rings. The lowest BCUT2D eigenvalue weighted by molar-refractivity contribution is -0.870. The fourth-order valence-corrected chi connectivity index (χ4v) is 6.49. The number of phosphoric acid groups is 1. The zero-order valence-electron chi connectivity index (χ0n) is 35.0. The molecule has 0 spiro atoms. The van der Waals surface area contributed by atoms with E-state index in [2.05, 4.69) is 38.2 Å². The van der Waals surface area contributed by atoms with E-state index in [4.69, 9.17) is 18.5 Å². The zero-order valence-corrected chi connectivity index (χ0v) is 35.9. The van der Waals surface area contributed by atoms with Gasteiger partial charge in [-0.3, -0.25) is 14.2 Å². The second kappa shape index (κ2) is 36.1. The van der Waals surface area contributed by atoms with Gasteiger partial charge in [0.15, 0.2) is 6.10 Å². The van der Waals surface area contributed by atoms with Crippen LogP contribution in [0.5, 0.6) is 0 Å². The van der Waals surface area contributed by atoms with E-state index in [9.17, 15) is 19.0 Å². The lowest BCUT2D eigenvalue weighted by Gasteiger charge is -2.28. The van der Waals surface area contributed by atoms with Crippen molar-refractivity contribution in [3.05, 3.63) is 24.3 Å². The summed E-state index contributed by atoms with van der Waals surface area (Å²) in [5, 5.41) is 0. The molecule has 0 fully saturated rings. The van der Waals surface area contributed by atoms with Crippen molar-refractivity contribution in [2.75, 3.05) is 47.5 Å². The van der Waals surface area contributed by atoms with Crippen LogP contribution in [-0.2, 0) is 32.7 Å². The third-order valence-corrected chi connectivity index (χ3v) is 10.2. The van der Waals surface area contributed by atoms with Gasteiger partial charge in [-0.15, -0.1) is 0 Å². The fraction of sp³-hybridized carbons (Fsp3) is 0.860. The number of allylic oxidation sites excluding steroid dienone is 4. The van der Waals surface area contributed by atoms with Gasteiger partial charge in [-0.1, -0.05) is 134 Å². The highest BCUT2D eigenvalue weighted by atomic mass is 31.2. The topological polar surface area (TPSA) is 111 Å². The summed E-state index contributed by atoms with van der Waals surface area (Å²) in [7, 11) is 1.15. The smallest absolute Gasteiger partial charge is 0.306 e. The van der Waals surface area contributed by atoms with Gasteiger partial charge < -0.3 is 27.9 Å². The van der Waals surface area contributed by atoms with Crippen LogP contribution in [0.2, 0.25) is 0 Å². The maximum Gasteiger partial charge on any atom is 0.306 e. The molecule has 0 heterocycles. The Morgan fingerprint density at radius 3 is 1.42 bits per heavy atom. The van der Waals surface area contributed by atoms with E-state index in [1.165, 1.54) is 89.9 Å². The Hall–Kier alpha value is -1.51. The van der Waals surface area contributed by atoms with Gasteiger partial charge in [0.2, 0.25) is 0 Å². The second-order valence-corrected chi connectivity index (χ2v) is 17.1. The first-order chi connectivity index (χ1) is 25.5. The number of esters is 2. The Kier molecular flexibility index (Phi) is 35.1. The number of unbranched alkanes of at least 4 members (excludes halogenated alkanes) is 21. The number of carbonyl (C=O) groups excluding carboxylic acids is 2. The molecule has 0 aromatic heterocycles. The van der Waals surface area contributed by atoms with Crippen molar-refractivity contribution in [3.8, 4) is 0 Å². The van der Waals surface area contributed by atoms with E-state index in [1.807, 2.05) is 21.1 Å². The summed E-state index contributed by atoms with van der Waals surface area (Å²) in [4.78, 5) is 37.4. The summed E-state index contributed by atoms with van der Waals surface area (Å²) in [5.41, 5.74) is 0. The number of quaternary nitrogens is 1. The number of rotatable bonds is 39. The lowest BCUT2D eigenvalue weighted by atomic mass is 10.1. The molecule has 0 amide bonds. The molecule has 0 bridgehead atoms. The van der Waals surface area contributed by atoms with Crippen molar-refractivity contribution in [1.29, 1.82) is 0 Å². The van der Waals surface area contributed by atoms with Crippen molar-refractivity contribution in [1.82, 2.24) is 0 Å². The summed E-state index contributed by atoms with van der Waals surface area (Å²) < 4.78 is 33.8. The molecule has 0 aliphatic carbocycles. The SMILES string of the molecule is CCCCCCC/C=C/CCCCCCCC(=O)OC[C@H](COP(=O)([O-])OCC[N+](C)(C)C)OC(=O)CCCCC/C=C/CCCCCCCCCC. The summed E-state index contributed by atoms with van der Waals surface area (Å²) in [6, 6.07) is 0. The monoisotopic (exact) mass is 772 g/mol. The van der Waals surface area contributed by atoms with Gasteiger partial charge in [-0.25, -0.2) is 0 Å². The Balaban J connectivity index is 4.41. The fourth-order valence-electron chi connectivity index (χ4n) is 5.76. The molecule has 1 unspecified atom stereocenters. The normalized spacial score (nSPS) is 13.8. The number of phosphoric ester groups is 1. The van der Waals surface area contributed by atoms with Gasteiger partial charge in [-0.2, -0.15) is 0 Å². The molecule has 0 aliphatic rings. The first kappa shape index (κ1) is 51.5. The Bertz CT molecular complexity index is 964. The average molecular weight is 772 g/mol. The van der Waals surface area contributed by atoms with Crippen molar-refractivity contribution in [3.63, 3.8) is 0 Å². The molecule has 0 saturated heterocycles. The molecule has 0 radical (unpaired) electrons. The highest BCUT2D eigenvalue weighted by Gasteiger charge is 2.21. The molecule has 10 heteroatoms. The molecular formula is C43H82NO8P. The van der Waals surface area contributed by atoms with E-state index in [-0.39, 0.29) is 26.1 Å². The van der Waals surface area contributed by atoms with Crippen LogP contribution in [0.3, 0.4) is 0 Å². The standard InChI is InChI=1S/C43H82NO8P/c1-6-8-10-12-14-16-18-20-22-24-26-28-30-32-34-36-43(46)52-41(40-51-53(47,48)50-38-37-44(3,4)5)39-49-42(45)35-33-31-29-27-25-23-21-19-17-15-13-11-9-7-2/h19,21,24,26,41H,6-18,20,22-23,25,27-40H2,1-5H3/b21-19+,26-24+/t41-/m1/s1. The number of carbonyl (C=O) groups is 2. The molecule has 9 nitrogen and oxygen atoms in total. The number of ether oxygens (including phenoxy) is 2. The van der Waals surface area contributed by atoms with Crippen LogP contribution in [0.4, 0.5) is 0 Å². The highest BCUT2D eigenvalue weighted by molar-refractivity contribution is 7.45. The predicted molar refractivity (Wildman–Crippen MR) is 218 cm³/mol. The van der Waals surface area contributed by atoms with Crippen LogP contribution in [-0.4, -0.2) is 70.0 Å². The summed E-state index contributed by atoms with van der Waals surface area (Å²) in [5.74, 6) is -0.860. The average Bonchev–Trinajstić information content (AvgIpc) is 3.10. The molecule has 2 atom stereocenters. The van der Waals surface area contributed by atoms with E-state index in [0.717, 1.165) is 64.2 Å². The van der Waals surface area contributed by atoms with Crippen LogP contribution in [0, 0.1) is 0 Å². The molecule has 312 valence electrons. The van der Waals surface area contributed by atoms with E-state index >= 15 is 0 Å². The van der Waals surface area contributed by atoms with Gasteiger partial charge in [0.05, 0.1) is 27.7 Å². The first-order valence-electron chi connectivity index (χ1n) is 21.5. The van der Waals surface area contributed by atoms with E-state index in [0.29, 0.717) is 17.4 Å². The molecule has 53 heavy (non-hydrogen) atoms. The van der Waals surface area contributed by atoms with Gasteiger partial charge in [-0.05, 0) is 64.2 Å². The Morgan fingerprint density at radius 2 is 0.962 bits per heavy atom. The van der Waals surface area contributed by atoms with Gasteiger partial charge in [0, 0.05) is 12.8 Å². The van der Waals surface area contributed by atoms with Crippen LogP contribution in [0.25, 0.3) is 0 Å². The lowest BCUT2D eigenvalue weighted by Crippen LogP contribution is -2.37. The highest BCUT2D eigenvalue weighted by Crippen LogP contribution is 2.38. The first-order valence-corrected chi connectivity index (χ1v) is 23.0. The summed E-state index contributed by atoms with van der Waals surface area (Å²) >= 11 is 0. The largest absolute Gasteiger partial charge is 0.756 e. The molecular weight excluding hydrogens is 689 g/mol. The van der Waals surface area contributed by atoms with Crippen molar-refractivity contribution in [2.45, 2.75) is 193 Å². The minimum Gasteiger partial charge on any atom is -0.756 e. The predicted octanol–water partition coefficient (Wildman–Crippen LogP) is 11.3. The molecule has 0 saturated carbocycles. The number of hydrogen-bond donors (Lipinski definition) is 0. The zero-order chi connectivity index (χ0) is 39.3. The quantitative estimate of drug-likeness (QED) is 0.0200. The minimum atomic E-state index is -4.62. The molecule has 0 aliphatic heterocycles. The minimum absolute atomic E-state index is 0.0337. The number of nitrogens with zero attached hydrogens (tertiary/aromatic N) is 1. The molecule has 0 rings (SSSR count). The van der Waals surface area contributed by atoms with Gasteiger partial charge >= 0.3 is 11.9 Å². The number of likely N-dealkylation sites (N-methyl/N-ethyl adjacent to an activating group) is 1. The second-order valence-electron chi connectivity index (χ2n) is 15.7. The van der Waals surface area contributed by atoms with Crippen LogP contribution < -0.4 is 4.89 Å². The van der Waals surface area contributed by atoms with Crippen LogP contribution >= 0.6 is 7.82 Å². The van der Waals surface area contributed by atoms with Crippen molar-refractivity contribution < 1.29 is 42.1 Å². The van der Waals surface area contributed by atoms with Gasteiger partial charge in [0.1, 0.15) is 19.8 Å². The van der Waals surface area contributed by atoms with Crippen molar-refractivity contribution in [2.24, 2.45) is 0 Å². The number of hydrogen-bond acceptors (Lipinski definition) is 8. The van der Waals surface area contributed by atoms with Crippen LogP contribution in [0.1, 0.15) is 187 Å². The Labute approximate surface area is 326 Å². The molecule has 0 N–H and O–H groups in total.